The molecule has 0 saturated heterocycles. The fourth-order valence-electron chi connectivity index (χ4n) is 2.87. The summed E-state index contributed by atoms with van der Waals surface area (Å²) >= 11 is 6.30. The Bertz CT molecular complexity index is 909. The maximum atomic E-state index is 12.7. The van der Waals surface area contributed by atoms with Crippen molar-refractivity contribution in [3.05, 3.63) is 46.5 Å². The van der Waals surface area contributed by atoms with E-state index in [1.165, 1.54) is 7.11 Å². The lowest BCUT2D eigenvalue weighted by Crippen LogP contribution is -2.16. The third kappa shape index (κ3) is 3.80. The first-order valence-corrected chi connectivity index (χ1v) is 8.75. The molecule has 2 aromatic rings. The molecule has 0 unspecified atom stereocenters. The highest BCUT2D eigenvalue weighted by molar-refractivity contribution is 6.47. The number of nitrogens with zero attached hydrogens (tertiary/aromatic N) is 1. The molecule has 0 bridgehead atoms. The van der Waals surface area contributed by atoms with Crippen LogP contribution in [0, 0.1) is 0 Å². The Balaban J connectivity index is 1.93. The van der Waals surface area contributed by atoms with Gasteiger partial charge in [-0.3, -0.25) is 4.79 Å². The molecule has 0 radical (unpaired) electrons. The van der Waals surface area contributed by atoms with Crippen molar-refractivity contribution < 1.29 is 19.0 Å². The minimum Gasteiger partial charge on any atom is -0.492 e. The van der Waals surface area contributed by atoms with Crippen molar-refractivity contribution >= 4 is 34.8 Å². The summed E-state index contributed by atoms with van der Waals surface area (Å²) < 4.78 is 16.6. The van der Waals surface area contributed by atoms with E-state index in [4.69, 9.17) is 31.5 Å². The number of allylic oxidation sites excluding steroid dienone is 1. The SMILES string of the molecule is COc1c(/C=C(/Cl)C(=O)c2ccc(N(C)C)c(N)c2)ccc2c1OCCO2. The van der Waals surface area contributed by atoms with Gasteiger partial charge in [-0.05, 0) is 36.4 Å². The van der Waals surface area contributed by atoms with Crippen LogP contribution in [0.5, 0.6) is 17.2 Å². The van der Waals surface area contributed by atoms with Crippen LogP contribution in [0.1, 0.15) is 15.9 Å². The molecule has 0 spiro atoms. The van der Waals surface area contributed by atoms with E-state index in [9.17, 15) is 4.79 Å². The average molecular weight is 389 g/mol. The van der Waals surface area contributed by atoms with Crippen LogP contribution in [0.25, 0.3) is 6.08 Å². The van der Waals surface area contributed by atoms with Crippen LogP contribution in [0.15, 0.2) is 35.4 Å². The van der Waals surface area contributed by atoms with Crippen molar-refractivity contribution in [2.75, 3.05) is 45.1 Å². The minimum absolute atomic E-state index is 0.0435. The summed E-state index contributed by atoms with van der Waals surface area (Å²) in [4.78, 5) is 14.6. The predicted molar refractivity (Wildman–Crippen MR) is 107 cm³/mol. The van der Waals surface area contributed by atoms with Crippen LogP contribution in [0.4, 0.5) is 11.4 Å². The van der Waals surface area contributed by atoms with Crippen molar-refractivity contribution in [3.8, 4) is 17.2 Å². The maximum absolute atomic E-state index is 12.7. The Morgan fingerprint density at radius 2 is 1.96 bits per heavy atom. The zero-order valence-corrected chi connectivity index (χ0v) is 16.2. The monoisotopic (exact) mass is 388 g/mol. The lowest BCUT2D eigenvalue weighted by Gasteiger charge is -2.21. The molecule has 0 atom stereocenters. The second-order valence-corrected chi connectivity index (χ2v) is 6.61. The zero-order chi connectivity index (χ0) is 19.6. The minimum atomic E-state index is -0.328. The number of nitrogens with two attached hydrogens (primary N) is 1. The van der Waals surface area contributed by atoms with Gasteiger partial charge in [0.25, 0.3) is 0 Å². The quantitative estimate of drug-likeness (QED) is 0.479. The number of hydrogen-bond donors (Lipinski definition) is 1. The Hall–Kier alpha value is -2.86. The van der Waals surface area contributed by atoms with Crippen LogP contribution in [-0.4, -0.2) is 40.2 Å². The number of nitrogen functional groups attached to an aromatic ring is 1. The third-order valence-electron chi connectivity index (χ3n) is 4.17. The standard InChI is InChI=1S/C20H21ClN2O4/c1-23(2)16-6-4-12(11-15(16)22)18(24)14(21)10-13-5-7-17-20(19(13)25-3)27-9-8-26-17/h4-7,10-11H,8-9,22H2,1-3H3/b14-10+. The Kier molecular flexibility index (Phi) is 5.46. The fourth-order valence-corrected chi connectivity index (χ4v) is 3.10. The topological polar surface area (TPSA) is 74.0 Å². The molecule has 3 rings (SSSR count). The number of benzene rings is 2. The van der Waals surface area contributed by atoms with E-state index in [1.807, 2.05) is 19.0 Å². The molecule has 1 heterocycles. The number of anilines is 2. The van der Waals surface area contributed by atoms with E-state index >= 15 is 0 Å². The molecule has 0 aromatic heterocycles. The summed E-state index contributed by atoms with van der Waals surface area (Å²) in [5, 5.41) is 0.0435. The number of hydrogen-bond acceptors (Lipinski definition) is 6. The highest BCUT2D eigenvalue weighted by atomic mass is 35.5. The first kappa shape index (κ1) is 18.9. The number of halogens is 1. The summed E-state index contributed by atoms with van der Waals surface area (Å²) in [6.45, 7) is 0.912. The predicted octanol–water partition coefficient (Wildman–Crippen LogP) is 3.58. The van der Waals surface area contributed by atoms with Gasteiger partial charge in [-0.15, -0.1) is 0 Å². The van der Waals surface area contributed by atoms with Crippen LogP contribution in [0.3, 0.4) is 0 Å². The summed E-state index contributed by atoms with van der Waals surface area (Å²) in [6, 6.07) is 8.64. The smallest absolute Gasteiger partial charge is 0.204 e. The first-order valence-electron chi connectivity index (χ1n) is 8.37. The van der Waals surface area contributed by atoms with Crippen LogP contribution < -0.4 is 24.8 Å². The number of Topliss-reactive ketones (excluding diaryl/α,β-unsaturated/α-hetero) is 1. The van der Waals surface area contributed by atoms with Crippen LogP contribution >= 0.6 is 11.6 Å². The molecule has 0 fully saturated rings. The Morgan fingerprint density at radius 3 is 2.63 bits per heavy atom. The molecule has 0 aliphatic carbocycles. The van der Waals surface area contributed by atoms with Gasteiger partial charge in [0.15, 0.2) is 11.5 Å². The molecule has 7 heteroatoms. The van der Waals surface area contributed by atoms with E-state index in [2.05, 4.69) is 0 Å². The number of ether oxygens (including phenoxy) is 3. The molecule has 1 aliphatic heterocycles. The number of fused-ring (bicyclic) bond motifs is 1. The van der Waals surface area contributed by atoms with Crippen molar-refractivity contribution in [1.82, 2.24) is 0 Å². The first-order chi connectivity index (χ1) is 12.9. The summed E-state index contributed by atoms with van der Waals surface area (Å²) in [7, 11) is 5.30. The molecular formula is C20H21ClN2O4. The molecule has 2 aromatic carbocycles. The van der Waals surface area contributed by atoms with E-state index in [-0.39, 0.29) is 10.8 Å². The molecule has 2 N–H and O–H groups in total. The second-order valence-electron chi connectivity index (χ2n) is 6.20. The molecule has 142 valence electrons. The number of methoxy groups -OCH3 is 1. The van der Waals surface area contributed by atoms with E-state index in [0.29, 0.717) is 47.3 Å². The zero-order valence-electron chi connectivity index (χ0n) is 15.4. The largest absolute Gasteiger partial charge is 0.492 e. The lowest BCUT2D eigenvalue weighted by molar-refractivity contribution is 0.104. The normalized spacial score (nSPS) is 13.3. The van der Waals surface area contributed by atoms with Crippen molar-refractivity contribution in [2.45, 2.75) is 0 Å². The maximum Gasteiger partial charge on any atom is 0.204 e. The van der Waals surface area contributed by atoms with Gasteiger partial charge in [0.05, 0.1) is 23.5 Å². The van der Waals surface area contributed by atoms with Gasteiger partial charge in [-0.1, -0.05) is 11.6 Å². The molecule has 27 heavy (non-hydrogen) atoms. The second kappa shape index (κ2) is 7.80. The Morgan fingerprint density at radius 1 is 1.22 bits per heavy atom. The van der Waals surface area contributed by atoms with Crippen LogP contribution in [0.2, 0.25) is 0 Å². The Labute approximate surface area is 163 Å². The van der Waals surface area contributed by atoms with Gasteiger partial charge < -0.3 is 24.8 Å². The number of rotatable bonds is 5. The lowest BCUT2D eigenvalue weighted by atomic mass is 10.1. The third-order valence-corrected chi connectivity index (χ3v) is 4.45. The molecule has 0 amide bonds. The molecular weight excluding hydrogens is 368 g/mol. The summed E-state index contributed by atoms with van der Waals surface area (Å²) in [6.07, 6.45) is 1.55. The van der Waals surface area contributed by atoms with E-state index in [1.54, 1.807) is 36.4 Å². The van der Waals surface area contributed by atoms with Gasteiger partial charge >= 0.3 is 0 Å². The van der Waals surface area contributed by atoms with Crippen molar-refractivity contribution in [3.63, 3.8) is 0 Å². The van der Waals surface area contributed by atoms with Gasteiger partial charge in [-0.2, -0.15) is 0 Å². The van der Waals surface area contributed by atoms with Gasteiger partial charge in [0.1, 0.15) is 13.2 Å². The van der Waals surface area contributed by atoms with Gasteiger partial charge in [0.2, 0.25) is 11.5 Å². The number of ketones is 1. The fraction of sp³-hybridized carbons (Fsp3) is 0.250. The highest BCUT2D eigenvalue weighted by Crippen LogP contribution is 2.42. The summed E-state index contributed by atoms with van der Waals surface area (Å²) in [5.74, 6) is 1.25. The van der Waals surface area contributed by atoms with E-state index < -0.39 is 0 Å². The molecule has 1 aliphatic rings. The summed E-state index contributed by atoms with van der Waals surface area (Å²) in [5.41, 5.74) is 8.40. The average Bonchev–Trinajstić information content (AvgIpc) is 2.66. The van der Waals surface area contributed by atoms with Gasteiger partial charge in [0, 0.05) is 25.2 Å². The van der Waals surface area contributed by atoms with Crippen LogP contribution in [-0.2, 0) is 0 Å². The molecule has 0 saturated carbocycles. The highest BCUT2D eigenvalue weighted by Gasteiger charge is 2.21. The van der Waals surface area contributed by atoms with E-state index in [0.717, 1.165) is 5.69 Å². The number of carbonyl (C=O) groups excluding carboxylic acids is 1. The number of carbonyl (C=O) groups is 1. The van der Waals surface area contributed by atoms with Gasteiger partial charge in [-0.25, -0.2) is 0 Å². The van der Waals surface area contributed by atoms with Crippen molar-refractivity contribution in [2.24, 2.45) is 0 Å². The molecule has 6 nitrogen and oxygen atoms in total. The van der Waals surface area contributed by atoms with Crippen molar-refractivity contribution in [1.29, 1.82) is 0 Å².